The minimum absolute atomic E-state index is 0.0342. The number of anilines is 3. The summed E-state index contributed by atoms with van der Waals surface area (Å²) in [5, 5.41) is 6.19. The average Bonchev–Trinajstić information content (AvgIpc) is 2.97. The molecule has 0 saturated carbocycles. The molecule has 0 saturated heterocycles. The Morgan fingerprint density at radius 3 is 2.00 bits per heavy atom. The van der Waals surface area contributed by atoms with E-state index in [2.05, 4.69) is 10.6 Å². The van der Waals surface area contributed by atoms with Crippen molar-refractivity contribution in [3.63, 3.8) is 0 Å². The van der Waals surface area contributed by atoms with Crippen LogP contribution in [0, 0.1) is 6.92 Å². The molecular formula is C24H16Cl3N3O3. The molecular weight excluding hydrogens is 485 g/mol. The summed E-state index contributed by atoms with van der Waals surface area (Å²) in [4.78, 5) is 39.0. The molecule has 3 aromatic carbocycles. The minimum atomic E-state index is -0.607. The number of imide groups is 1. The van der Waals surface area contributed by atoms with E-state index in [1.54, 1.807) is 66.7 Å². The Labute approximate surface area is 204 Å². The fourth-order valence-corrected chi connectivity index (χ4v) is 3.96. The molecule has 1 heterocycles. The molecule has 0 radical (unpaired) electrons. The van der Waals surface area contributed by atoms with Gasteiger partial charge in [-0.25, -0.2) is 4.90 Å². The number of halogens is 3. The first-order valence-electron chi connectivity index (χ1n) is 9.72. The zero-order valence-electron chi connectivity index (χ0n) is 17.2. The van der Waals surface area contributed by atoms with Crippen molar-refractivity contribution >= 4 is 69.6 Å². The first kappa shape index (κ1) is 22.9. The molecule has 3 aromatic rings. The van der Waals surface area contributed by atoms with E-state index in [1.807, 2.05) is 6.92 Å². The Hall–Kier alpha value is -3.32. The Bertz CT molecular complexity index is 1280. The zero-order valence-corrected chi connectivity index (χ0v) is 19.4. The lowest BCUT2D eigenvalue weighted by Gasteiger charge is -2.15. The first-order chi connectivity index (χ1) is 15.7. The minimum Gasteiger partial charge on any atom is -0.350 e. The van der Waals surface area contributed by atoms with Crippen LogP contribution in [-0.4, -0.2) is 17.7 Å². The fraction of sp³-hybridized carbons (Fsp3) is 0.0417. The van der Waals surface area contributed by atoms with E-state index in [0.717, 1.165) is 10.5 Å². The molecule has 1 aliphatic rings. The maximum Gasteiger partial charge on any atom is 0.283 e. The van der Waals surface area contributed by atoms with Gasteiger partial charge in [-0.2, -0.15) is 0 Å². The van der Waals surface area contributed by atoms with Crippen LogP contribution in [0.5, 0.6) is 0 Å². The van der Waals surface area contributed by atoms with Gasteiger partial charge in [-0.15, -0.1) is 0 Å². The molecule has 166 valence electrons. The fourth-order valence-electron chi connectivity index (χ4n) is 3.22. The van der Waals surface area contributed by atoms with Crippen LogP contribution in [0.1, 0.15) is 15.9 Å². The Balaban J connectivity index is 1.48. The number of aryl methyl sites for hydroxylation is 1. The second-order valence-electron chi connectivity index (χ2n) is 7.28. The highest BCUT2D eigenvalue weighted by Gasteiger charge is 2.38. The molecule has 1 aliphatic heterocycles. The maximum atomic E-state index is 12.9. The molecule has 9 heteroatoms. The lowest BCUT2D eigenvalue weighted by atomic mass is 10.2. The van der Waals surface area contributed by atoms with Crippen LogP contribution in [-0.2, 0) is 9.59 Å². The predicted octanol–water partition coefficient (Wildman–Crippen LogP) is 5.99. The third kappa shape index (κ3) is 4.88. The van der Waals surface area contributed by atoms with Crippen molar-refractivity contribution in [1.82, 2.24) is 0 Å². The van der Waals surface area contributed by atoms with Crippen LogP contribution < -0.4 is 15.5 Å². The van der Waals surface area contributed by atoms with Crippen molar-refractivity contribution in [2.45, 2.75) is 6.92 Å². The lowest BCUT2D eigenvalue weighted by molar-refractivity contribution is -0.120. The first-order valence-corrected chi connectivity index (χ1v) is 10.9. The summed E-state index contributed by atoms with van der Waals surface area (Å²) in [6.45, 7) is 1.91. The van der Waals surface area contributed by atoms with E-state index in [1.165, 1.54) is 0 Å². The summed E-state index contributed by atoms with van der Waals surface area (Å²) in [5.74, 6) is -1.53. The summed E-state index contributed by atoms with van der Waals surface area (Å²) >= 11 is 18.1. The van der Waals surface area contributed by atoms with Gasteiger partial charge in [-0.3, -0.25) is 14.4 Å². The van der Waals surface area contributed by atoms with E-state index in [9.17, 15) is 14.4 Å². The highest BCUT2D eigenvalue weighted by atomic mass is 35.5. The number of carbonyl (C=O) groups is 3. The van der Waals surface area contributed by atoms with E-state index < -0.39 is 11.8 Å². The van der Waals surface area contributed by atoms with E-state index in [4.69, 9.17) is 34.8 Å². The van der Waals surface area contributed by atoms with Gasteiger partial charge in [0.25, 0.3) is 17.7 Å². The largest absolute Gasteiger partial charge is 0.350 e. The van der Waals surface area contributed by atoms with Gasteiger partial charge >= 0.3 is 0 Å². The number of benzene rings is 3. The van der Waals surface area contributed by atoms with Gasteiger partial charge in [-0.05, 0) is 61.5 Å². The summed E-state index contributed by atoms with van der Waals surface area (Å²) in [6, 6.07) is 18.0. The zero-order chi connectivity index (χ0) is 23.7. The van der Waals surface area contributed by atoms with Crippen molar-refractivity contribution < 1.29 is 14.4 Å². The summed E-state index contributed by atoms with van der Waals surface area (Å²) in [7, 11) is 0. The van der Waals surface area contributed by atoms with Gasteiger partial charge in [0.2, 0.25) is 0 Å². The number of hydrogen-bond acceptors (Lipinski definition) is 4. The topological polar surface area (TPSA) is 78.5 Å². The predicted molar refractivity (Wildman–Crippen MR) is 131 cm³/mol. The van der Waals surface area contributed by atoms with E-state index in [0.29, 0.717) is 32.7 Å². The summed E-state index contributed by atoms with van der Waals surface area (Å²) < 4.78 is 0. The molecule has 0 unspecified atom stereocenters. The molecule has 6 nitrogen and oxygen atoms in total. The van der Waals surface area contributed by atoms with Crippen LogP contribution in [0.3, 0.4) is 0 Å². The molecule has 0 aromatic heterocycles. The summed E-state index contributed by atoms with van der Waals surface area (Å²) in [5.41, 5.74) is 2.71. The highest BCUT2D eigenvalue weighted by molar-refractivity contribution is 6.53. The average molecular weight is 501 g/mol. The standard InChI is InChI=1S/C24H16Cl3N3O3/c1-13-2-8-19(9-3-13)30-23(32)20(27)21(24(30)33)28-17-6-4-14(5-7-17)22(31)29-18-11-15(25)10-16(26)12-18/h2-12,28H,1H3,(H,29,31). The number of rotatable bonds is 5. The van der Waals surface area contributed by atoms with Gasteiger partial charge in [0.15, 0.2) is 0 Å². The van der Waals surface area contributed by atoms with Crippen LogP contribution in [0.2, 0.25) is 10.0 Å². The third-order valence-electron chi connectivity index (χ3n) is 4.86. The molecule has 4 rings (SSSR count). The van der Waals surface area contributed by atoms with Crippen molar-refractivity contribution in [1.29, 1.82) is 0 Å². The maximum absolute atomic E-state index is 12.9. The van der Waals surface area contributed by atoms with Crippen molar-refractivity contribution in [3.8, 4) is 0 Å². The number of nitrogens with zero attached hydrogens (tertiary/aromatic N) is 1. The SMILES string of the molecule is Cc1ccc(N2C(=O)C(Cl)=C(Nc3ccc(C(=O)Nc4cc(Cl)cc(Cl)c4)cc3)C2=O)cc1. The summed E-state index contributed by atoms with van der Waals surface area (Å²) in [6.07, 6.45) is 0. The van der Waals surface area contributed by atoms with Crippen LogP contribution >= 0.6 is 34.8 Å². The van der Waals surface area contributed by atoms with Gasteiger partial charge in [-0.1, -0.05) is 52.5 Å². The third-order valence-corrected chi connectivity index (χ3v) is 5.64. The Kier molecular flexibility index (Phi) is 6.42. The smallest absolute Gasteiger partial charge is 0.283 e. The van der Waals surface area contributed by atoms with Crippen LogP contribution in [0.25, 0.3) is 0 Å². The number of nitrogens with one attached hydrogen (secondary N) is 2. The van der Waals surface area contributed by atoms with Gasteiger partial charge < -0.3 is 10.6 Å². The normalized spacial score (nSPS) is 13.5. The monoisotopic (exact) mass is 499 g/mol. The molecule has 0 spiro atoms. The van der Waals surface area contributed by atoms with Crippen molar-refractivity contribution in [3.05, 3.63) is 98.6 Å². The quantitative estimate of drug-likeness (QED) is 0.422. The number of hydrogen-bond donors (Lipinski definition) is 2. The van der Waals surface area contributed by atoms with Gasteiger partial charge in [0.05, 0.1) is 5.69 Å². The number of amides is 3. The highest BCUT2D eigenvalue weighted by Crippen LogP contribution is 2.30. The van der Waals surface area contributed by atoms with Crippen LogP contribution in [0.4, 0.5) is 17.1 Å². The molecule has 2 N–H and O–H groups in total. The van der Waals surface area contributed by atoms with Crippen molar-refractivity contribution in [2.24, 2.45) is 0 Å². The molecule has 3 amide bonds. The van der Waals surface area contributed by atoms with Crippen molar-refractivity contribution in [2.75, 3.05) is 15.5 Å². The number of carbonyl (C=O) groups excluding carboxylic acids is 3. The molecule has 0 fully saturated rings. The van der Waals surface area contributed by atoms with E-state index in [-0.39, 0.29) is 16.6 Å². The molecule has 0 aliphatic carbocycles. The lowest BCUT2D eigenvalue weighted by Crippen LogP contribution is -2.32. The van der Waals surface area contributed by atoms with Crippen LogP contribution in [0.15, 0.2) is 77.5 Å². The van der Waals surface area contributed by atoms with E-state index >= 15 is 0 Å². The van der Waals surface area contributed by atoms with Gasteiger partial charge in [0.1, 0.15) is 10.7 Å². The Morgan fingerprint density at radius 1 is 0.788 bits per heavy atom. The molecule has 33 heavy (non-hydrogen) atoms. The Morgan fingerprint density at radius 2 is 1.39 bits per heavy atom. The second kappa shape index (κ2) is 9.27. The second-order valence-corrected chi connectivity index (χ2v) is 8.54. The molecule has 0 atom stereocenters. The van der Waals surface area contributed by atoms with Gasteiger partial charge in [0, 0.05) is 27.0 Å². The molecule has 0 bridgehead atoms.